The Bertz CT molecular complexity index is 1110. The van der Waals surface area contributed by atoms with Gasteiger partial charge < -0.3 is 19.3 Å². The second-order valence-electron chi connectivity index (χ2n) is 8.06. The van der Waals surface area contributed by atoms with Gasteiger partial charge in [-0.1, -0.05) is 6.07 Å². The van der Waals surface area contributed by atoms with E-state index in [2.05, 4.69) is 58.5 Å². The fourth-order valence-electron chi connectivity index (χ4n) is 3.73. The van der Waals surface area contributed by atoms with Crippen LogP contribution < -0.4 is 4.90 Å². The van der Waals surface area contributed by atoms with Crippen molar-refractivity contribution in [3.05, 3.63) is 41.4 Å². The lowest BCUT2D eigenvalue weighted by molar-refractivity contribution is 0.370. The standard InChI is InChI=1S/C20H28N6O3S/c1-24(2)7-6-16-14-21-18-5-4-15(12-17(16)18)13-19-22-20(23-29-19)25-8-10-26(11-9-25)30(3,27)28/h4-5,12,14,21H,6-11,13H2,1-3H3. The van der Waals surface area contributed by atoms with Crippen molar-refractivity contribution >= 4 is 26.9 Å². The fourth-order valence-corrected chi connectivity index (χ4v) is 4.55. The smallest absolute Gasteiger partial charge is 0.266 e. The minimum absolute atomic E-state index is 0.433. The van der Waals surface area contributed by atoms with Crippen LogP contribution in [0.2, 0.25) is 0 Å². The van der Waals surface area contributed by atoms with Crippen LogP contribution in [0.1, 0.15) is 17.0 Å². The van der Waals surface area contributed by atoms with E-state index in [1.165, 1.54) is 21.5 Å². The van der Waals surface area contributed by atoms with Crippen LogP contribution in [0.15, 0.2) is 28.9 Å². The number of hydrogen-bond donors (Lipinski definition) is 1. The van der Waals surface area contributed by atoms with Crippen molar-refractivity contribution in [3.63, 3.8) is 0 Å². The number of nitrogens with one attached hydrogen (secondary N) is 1. The van der Waals surface area contributed by atoms with Gasteiger partial charge in [-0.05, 0) is 48.9 Å². The van der Waals surface area contributed by atoms with Gasteiger partial charge in [0.25, 0.3) is 5.95 Å². The van der Waals surface area contributed by atoms with Gasteiger partial charge in [-0.15, -0.1) is 0 Å². The number of nitrogens with zero attached hydrogens (tertiary/aromatic N) is 5. The molecule has 0 saturated carbocycles. The molecule has 162 valence electrons. The summed E-state index contributed by atoms with van der Waals surface area (Å²) in [5, 5.41) is 5.33. The molecule has 2 aromatic heterocycles. The molecule has 0 bridgehead atoms. The van der Waals surface area contributed by atoms with Crippen molar-refractivity contribution in [2.75, 3.05) is 58.0 Å². The molecule has 30 heavy (non-hydrogen) atoms. The quantitative estimate of drug-likeness (QED) is 0.601. The van der Waals surface area contributed by atoms with Crippen LogP contribution in [0.3, 0.4) is 0 Å². The van der Waals surface area contributed by atoms with Gasteiger partial charge in [-0.2, -0.15) is 9.29 Å². The van der Waals surface area contributed by atoms with Crippen LogP contribution >= 0.6 is 0 Å². The maximum Gasteiger partial charge on any atom is 0.266 e. The fraction of sp³-hybridized carbons (Fsp3) is 0.500. The average molecular weight is 433 g/mol. The molecule has 1 N–H and O–H groups in total. The van der Waals surface area contributed by atoms with E-state index in [1.54, 1.807) is 0 Å². The topological polar surface area (TPSA) is 98.6 Å². The molecule has 1 saturated heterocycles. The normalized spacial score (nSPS) is 16.1. The van der Waals surface area contributed by atoms with E-state index in [-0.39, 0.29) is 0 Å². The van der Waals surface area contributed by atoms with Crippen LogP contribution in [0.4, 0.5) is 5.95 Å². The van der Waals surface area contributed by atoms with Gasteiger partial charge in [0, 0.05) is 49.8 Å². The maximum absolute atomic E-state index is 11.7. The first-order valence-corrected chi connectivity index (χ1v) is 11.9. The van der Waals surface area contributed by atoms with E-state index in [4.69, 9.17) is 4.52 Å². The first kappa shape index (κ1) is 20.8. The zero-order chi connectivity index (χ0) is 21.3. The van der Waals surface area contributed by atoms with Gasteiger partial charge in [0.2, 0.25) is 15.9 Å². The van der Waals surface area contributed by atoms with Crippen molar-refractivity contribution in [2.24, 2.45) is 0 Å². The molecule has 1 aromatic carbocycles. The first-order chi connectivity index (χ1) is 14.3. The highest BCUT2D eigenvalue weighted by Gasteiger charge is 2.25. The molecular formula is C20H28N6O3S. The van der Waals surface area contributed by atoms with Crippen LogP contribution in [-0.4, -0.2) is 85.8 Å². The second-order valence-corrected chi connectivity index (χ2v) is 10.0. The number of anilines is 1. The van der Waals surface area contributed by atoms with E-state index < -0.39 is 10.0 Å². The minimum Gasteiger partial charge on any atom is -0.361 e. The molecule has 9 nitrogen and oxygen atoms in total. The summed E-state index contributed by atoms with van der Waals surface area (Å²) in [7, 11) is 1.00. The molecule has 0 aliphatic carbocycles. The van der Waals surface area contributed by atoms with Gasteiger partial charge in [-0.3, -0.25) is 0 Å². The molecule has 0 radical (unpaired) electrons. The molecule has 0 spiro atoms. The first-order valence-electron chi connectivity index (χ1n) is 10.1. The number of likely N-dealkylation sites (N-methyl/N-ethyl adjacent to an activating group) is 1. The van der Waals surface area contributed by atoms with Gasteiger partial charge >= 0.3 is 0 Å². The second kappa shape index (κ2) is 8.37. The molecule has 4 rings (SSSR count). The Balaban J connectivity index is 1.43. The van der Waals surface area contributed by atoms with E-state index in [9.17, 15) is 8.42 Å². The number of hydrogen-bond acceptors (Lipinski definition) is 7. The molecule has 0 unspecified atom stereocenters. The Hall–Kier alpha value is -2.43. The lowest BCUT2D eigenvalue weighted by Gasteiger charge is -2.32. The molecule has 10 heteroatoms. The number of sulfonamides is 1. The Morgan fingerprint density at radius 3 is 2.67 bits per heavy atom. The molecule has 1 fully saturated rings. The highest BCUT2D eigenvalue weighted by molar-refractivity contribution is 7.88. The third-order valence-corrected chi connectivity index (χ3v) is 6.77. The summed E-state index contributed by atoms with van der Waals surface area (Å²) in [6.07, 6.45) is 4.87. The van der Waals surface area contributed by atoms with Crippen LogP contribution in [0.5, 0.6) is 0 Å². The predicted molar refractivity (Wildman–Crippen MR) is 116 cm³/mol. The number of aromatic nitrogens is 3. The lowest BCUT2D eigenvalue weighted by Crippen LogP contribution is -2.48. The van der Waals surface area contributed by atoms with E-state index in [0.29, 0.717) is 44.4 Å². The Morgan fingerprint density at radius 1 is 1.20 bits per heavy atom. The highest BCUT2D eigenvalue weighted by Crippen LogP contribution is 2.22. The van der Waals surface area contributed by atoms with Gasteiger partial charge in [-0.25, -0.2) is 8.42 Å². The van der Waals surface area contributed by atoms with Gasteiger partial charge in [0.15, 0.2) is 0 Å². The Kier molecular flexibility index (Phi) is 5.81. The Labute approximate surface area is 176 Å². The van der Waals surface area contributed by atoms with Crippen LogP contribution in [0.25, 0.3) is 10.9 Å². The van der Waals surface area contributed by atoms with E-state index in [1.807, 2.05) is 4.90 Å². The zero-order valence-corrected chi connectivity index (χ0v) is 18.4. The summed E-state index contributed by atoms with van der Waals surface area (Å²) in [6.45, 7) is 2.97. The summed E-state index contributed by atoms with van der Waals surface area (Å²) >= 11 is 0. The van der Waals surface area contributed by atoms with Crippen molar-refractivity contribution in [1.29, 1.82) is 0 Å². The van der Waals surface area contributed by atoms with Crippen molar-refractivity contribution in [3.8, 4) is 0 Å². The summed E-state index contributed by atoms with van der Waals surface area (Å²) in [4.78, 5) is 12.0. The summed E-state index contributed by atoms with van der Waals surface area (Å²) in [6, 6.07) is 6.35. The molecule has 1 aliphatic heterocycles. The zero-order valence-electron chi connectivity index (χ0n) is 17.6. The number of piperazine rings is 1. The third-order valence-electron chi connectivity index (χ3n) is 5.46. The van der Waals surface area contributed by atoms with Crippen molar-refractivity contribution < 1.29 is 12.9 Å². The minimum atomic E-state index is -3.16. The Morgan fingerprint density at radius 2 is 1.97 bits per heavy atom. The molecule has 3 aromatic rings. The number of benzene rings is 1. The molecular weight excluding hydrogens is 404 g/mol. The lowest BCUT2D eigenvalue weighted by atomic mass is 10.1. The molecule has 1 aliphatic rings. The monoisotopic (exact) mass is 432 g/mol. The van der Waals surface area contributed by atoms with Crippen molar-refractivity contribution in [2.45, 2.75) is 12.8 Å². The summed E-state index contributed by atoms with van der Waals surface area (Å²) in [5.41, 5.74) is 3.54. The maximum atomic E-state index is 11.7. The summed E-state index contributed by atoms with van der Waals surface area (Å²) < 4.78 is 30.3. The molecule has 0 amide bonds. The number of fused-ring (bicyclic) bond motifs is 1. The predicted octanol–water partition coefficient (Wildman–Crippen LogP) is 1.33. The van der Waals surface area contributed by atoms with E-state index in [0.717, 1.165) is 24.0 Å². The SMILES string of the molecule is CN(C)CCc1c[nH]c2ccc(Cc3nc(N4CCN(S(C)(=O)=O)CC4)no3)cc12. The van der Waals surface area contributed by atoms with Crippen LogP contribution in [0, 0.1) is 0 Å². The summed E-state index contributed by atoms with van der Waals surface area (Å²) in [5.74, 6) is 1.08. The highest BCUT2D eigenvalue weighted by atomic mass is 32.2. The third kappa shape index (κ3) is 4.66. The molecule has 0 atom stereocenters. The van der Waals surface area contributed by atoms with Crippen LogP contribution in [-0.2, 0) is 22.9 Å². The van der Waals surface area contributed by atoms with Gasteiger partial charge in [0.05, 0.1) is 12.7 Å². The van der Waals surface area contributed by atoms with Crippen molar-refractivity contribution in [1.82, 2.24) is 24.3 Å². The van der Waals surface area contributed by atoms with Gasteiger partial charge in [0.1, 0.15) is 0 Å². The number of H-pyrrole nitrogens is 1. The largest absolute Gasteiger partial charge is 0.361 e. The average Bonchev–Trinajstić information content (AvgIpc) is 3.32. The number of aromatic amines is 1. The van der Waals surface area contributed by atoms with E-state index >= 15 is 0 Å². The molecule has 3 heterocycles. The number of rotatable bonds is 7.